The minimum absolute atomic E-state index is 0.0953. The predicted molar refractivity (Wildman–Crippen MR) is 67.5 cm³/mol. The molecule has 0 aromatic heterocycles. The molecule has 7 heteroatoms. The largest absolute Gasteiger partial charge is 0.416 e. The van der Waals surface area contributed by atoms with Gasteiger partial charge >= 0.3 is 6.18 Å². The van der Waals surface area contributed by atoms with E-state index in [1.54, 1.807) is 0 Å². The third-order valence-electron chi connectivity index (χ3n) is 3.68. The summed E-state index contributed by atoms with van der Waals surface area (Å²) in [6.07, 6.45) is -3.86. The minimum atomic E-state index is -4.44. The first-order valence-corrected chi connectivity index (χ1v) is 6.46. The standard InChI is InChI=1S/C13H14F3N3O/c14-13(15,16)8-1-2-10-9(7-8)12(20)18-11-3-4-17-5-6-19(10)11/h1-2,7,11,17H,3-6H2,(H,18,20). The van der Waals surface area contributed by atoms with Crippen LogP contribution in [0.5, 0.6) is 0 Å². The van der Waals surface area contributed by atoms with Crippen molar-refractivity contribution in [1.29, 1.82) is 0 Å². The minimum Gasteiger partial charge on any atom is -0.349 e. The molecule has 4 nitrogen and oxygen atoms in total. The lowest BCUT2D eigenvalue weighted by Gasteiger charge is -2.37. The van der Waals surface area contributed by atoms with Crippen LogP contribution in [0.2, 0.25) is 0 Å². The van der Waals surface area contributed by atoms with Gasteiger partial charge in [-0.15, -0.1) is 0 Å². The summed E-state index contributed by atoms with van der Waals surface area (Å²) in [4.78, 5) is 14.0. The lowest BCUT2D eigenvalue weighted by molar-refractivity contribution is -0.137. The number of benzene rings is 1. The van der Waals surface area contributed by atoms with Crippen molar-refractivity contribution >= 4 is 11.6 Å². The molecule has 0 saturated carbocycles. The molecule has 1 aromatic carbocycles. The number of hydrogen-bond acceptors (Lipinski definition) is 3. The number of rotatable bonds is 0. The lowest BCUT2D eigenvalue weighted by atomic mass is 10.0. The van der Waals surface area contributed by atoms with Crippen molar-refractivity contribution in [2.75, 3.05) is 24.5 Å². The monoisotopic (exact) mass is 285 g/mol. The number of amides is 1. The molecule has 3 rings (SSSR count). The van der Waals surface area contributed by atoms with Gasteiger partial charge in [-0.1, -0.05) is 0 Å². The number of nitrogens with zero attached hydrogens (tertiary/aromatic N) is 1. The van der Waals surface area contributed by atoms with E-state index in [4.69, 9.17) is 0 Å². The van der Waals surface area contributed by atoms with E-state index >= 15 is 0 Å². The summed E-state index contributed by atoms with van der Waals surface area (Å²) in [5.74, 6) is -0.436. The van der Waals surface area contributed by atoms with Crippen LogP contribution in [0.4, 0.5) is 18.9 Å². The fourth-order valence-electron chi connectivity index (χ4n) is 2.69. The van der Waals surface area contributed by atoms with Gasteiger partial charge < -0.3 is 15.5 Å². The first kappa shape index (κ1) is 13.2. The maximum atomic E-state index is 12.7. The Balaban J connectivity index is 2.03. The fraction of sp³-hybridized carbons (Fsp3) is 0.462. The summed E-state index contributed by atoms with van der Waals surface area (Å²) in [7, 11) is 0. The first-order valence-electron chi connectivity index (χ1n) is 6.46. The zero-order valence-electron chi connectivity index (χ0n) is 10.6. The van der Waals surface area contributed by atoms with Crippen molar-refractivity contribution in [1.82, 2.24) is 10.6 Å². The summed E-state index contributed by atoms with van der Waals surface area (Å²) < 4.78 is 38.2. The Kier molecular flexibility index (Phi) is 3.08. The summed E-state index contributed by atoms with van der Waals surface area (Å²) in [5.41, 5.74) is -0.119. The Bertz CT molecular complexity index is 544. The second-order valence-corrected chi connectivity index (χ2v) is 4.95. The van der Waals surface area contributed by atoms with E-state index in [2.05, 4.69) is 10.6 Å². The Labute approximate surface area is 113 Å². The average molecular weight is 285 g/mol. The SMILES string of the molecule is O=C1NC2CCNCCN2c2ccc(C(F)(F)F)cc21. The molecule has 20 heavy (non-hydrogen) atoms. The van der Waals surface area contributed by atoms with Crippen molar-refractivity contribution in [2.24, 2.45) is 0 Å². The smallest absolute Gasteiger partial charge is 0.349 e. The van der Waals surface area contributed by atoms with E-state index in [-0.39, 0.29) is 11.7 Å². The maximum Gasteiger partial charge on any atom is 0.416 e. The molecule has 108 valence electrons. The molecule has 1 aromatic rings. The highest BCUT2D eigenvalue weighted by Gasteiger charge is 2.36. The van der Waals surface area contributed by atoms with Crippen LogP contribution in [-0.2, 0) is 6.18 Å². The molecule has 0 bridgehead atoms. The second kappa shape index (κ2) is 4.66. The maximum absolute atomic E-state index is 12.7. The molecule has 0 aliphatic carbocycles. The lowest BCUT2D eigenvalue weighted by Crippen LogP contribution is -2.53. The van der Waals surface area contributed by atoms with Crippen LogP contribution in [0, 0.1) is 0 Å². The third kappa shape index (κ3) is 2.22. The van der Waals surface area contributed by atoms with Gasteiger partial charge in [0.2, 0.25) is 0 Å². The first-order chi connectivity index (χ1) is 9.47. The average Bonchev–Trinajstić information content (AvgIpc) is 2.62. The van der Waals surface area contributed by atoms with Gasteiger partial charge in [0.1, 0.15) is 6.17 Å². The summed E-state index contributed by atoms with van der Waals surface area (Å²) in [6.45, 7) is 2.17. The van der Waals surface area contributed by atoms with E-state index in [1.165, 1.54) is 6.07 Å². The number of anilines is 1. The van der Waals surface area contributed by atoms with Crippen molar-refractivity contribution in [3.8, 4) is 0 Å². The number of nitrogens with one attached hydrogen (secondary N) is 2. The molecule has 2 aliphatic rings. The van der Waals surface area contributed by atoms with E-state index in [0.717, 1.165) is 31.6 Å². The van der Waals surface area contributed by atoms with Crippen LogP contribution < -0.4 is 15.5 Å². The Morgan fingerprint density at radius 2 is 2.05 bits per heavy atom. The second-order valence-electron chi connectivity index (χ2n) is 4.95. The third-order valence-corrected chi connectivity index (χ3v) is 3.68. The Morgan fingerprint density at radius 1 is 1.25 bits per heavy atom. The molecular weight excluding hydrogens is 271 g/mol. The summed E-state index contributed by atoms with van der Waals surface area (Å²) in [5, 5.41) is 5.98. The molecule has 1 fully saturated rings. The van der Waals surface area contributed by atoms with Crippen LogP contribution in [0.3, 0.4) is 0 Å². The summed E-state index contributed by atoms with van der Waals surface area (Å²) >= 11 is 0. The van der Waals surface area contributed by atoms with Gasteiger partial charge in [-0.05, 0) is 31.2 Å². The quantitative estimate of drug-likeness (QED) is 0.760. The molecule has 2 aliphatic heterocycles. The molecule has 1 atom stereocenters. The van der Waals surface area contributed by atoms with Crippen molar-refractivity contribution in [2.45, 2.75) is 18.8 Å². The van der Waals surface area contributed by atoms with Crippen molar-refractivity contribution < 1.29 is 18.0 Å². The van der Waals surface area contributed by atoms with Crippen LogP contribution >= 0.6 is 0 Å². The molecule has 1 unspecified atom stereocenters. The van der Waals surface area contributed by atoms with E-state index in [0.29, 0.717) is 12.2 Å². The number of hydrogen-bond donors (Lipinski definition) is 2. The van der Waals surface area contributed by atoms with E-state index in [1.807, 2.05) is 4.90 Å². The number of alkyl halides is 3. The Morgan fingerprint density at radius 3 is 2.80 bits per heavy atom. The zero-order valence-corrected chi connectivity index (χ0v) is 10.6. The van der Waals surface area contributed by atoms with Gasteiger partial charge in [-0.3, -0.25) is 4.79 Å². The number of halogens is 3. The number of carbonyl (C=O) groups excluding carboxylic acids is 1. The predicted octanol–water partition coefficient (Wildman–Crippen LogP) is 1.57. The van der Waals surface area contributed by atoms with Gasteiger partial charge in [-0.2, -0.15) is 13.2 Å². The van der Waals surface area contributed by atoms with Gasteiger partial charge in [0.15, 0.2) is 0 Å². The fourth-order valence-corrected chi connectivity index (χ4v) is 2.69. The van der Waals surface area contributed by atoms with E-state index in [9.17, 15) is 18.0 Å². The highest BCUT2D eigenvalue weighted by atomic mass is 19.4. The van der Waals surface area contributed by atoms with Crippen LogP contribution in [-0.4, -0.2) is 31.7 Å². The molecule has 2 heterocycles. The van der Waals surface area contributed by atoms with Crippen LogP contribution in [0.1, 0.15) is 22.3 Å². The van der Waals surface area contributed by atoms with Crippen LogP contribution in [0.25, 0.3) is 0 Å². The van der Waals surface area contributed by atoms with E-state index < -0.39 is 17.6 Å². The molecule has 1 amide bonds. The highest BCUT2D eigenvalue weighted by molar-refractivity contribution is 6.02. The van der Waals surface area contributed by atoms with Crippen molar-refractivity contribution in [3.05, 3.63) is 29.3 Å². The molecule has 0 spiro atoms. The number of carbonyl (C=O) groups is 1. The zero-order chi connectivity index (χ0) is 14.3. The number of fused-ring (bicyclic) bond motifs is 3. The molecule has 2 N–H and O–H groups in total. The van der Waals surface area contributed by atoms with Crippen molar-refractivity contribution in [3.63, 3.8) is 0 Å². The Hall–Kier alpha value is -1.76. The van der Waals surface area contributed by atoms with Gasteiger partial charge in [0.05, 0.1) is 16.8 Å². The molecule has 0 radical (unpaired) electrons. The summed E-state index contributed by atoms with van der Waals surface area (Å²) in [6, 6.07) is 3.36. The normalized spacial score (nSPS) is 22.6. The van der Waals surface area contributed by atoms with Gasteiger partial charge in [0.25, 0.3) is 5.91 Å². The topological polar surface area (TPSA) is 44.4 Å². The van der Waals surface area contributed by atoms with Crippen LogP contribution in [0.15, 0.2) is 18.2 Å². The van der Waals surface area contributed by atoms with Gasteiger partial charge in [0, 0.05) is 13.1 Å². The highest BCUT2D eigenvalue weighted by Crippen LogP contribution is 2.35. The van der Waals surface area contributed by atoms with Gasteiger partial charge in [-0.25, -0.2) is 0 Å². The molecule has 1 saturated heterocycles. The molecular formula is C13H14F3N3O.